The van der Waals surface area contributed by atoms with Gasteiger partial charge in [-0.3, -0.25) is 0 Å². The van der Waals surface area contributed by atoms with Gasteiger partial charge < -0.3 is 0 Å². The van der Waals surface area contributed by atoms with Gasteiger partial charge in [0.15, 0.2) is 0 Å². The first kappa shape index (κ1) is 6.55. The number of nitrogens with zero attached hydrogens (tertiary/aromatic N) is 1. The van der Waals surface area contributed by atoms with Gasteiger partial charge in [-0.1, -0.05) is 0 Å². The van der Waals surface area contributed by atoms with Gasteiger partial charge in [-0.05, 0) is 0 Å². The molecule has 0 aliphatic heterocycles. The zero-order chi connectivity index (χ0) is 5.98. The fourth-order valence-corrected chi connectivity index (χ4v) is 3.45. The standard InChI is InChI=1S/C4H4NS.CH3.Sn/c1-4-2-6-3-5-4;;/h2H,1H3;1H3;. The Bertz CT molecular complexity index is 173. The van der Waals surface area contributed by atoms with Crippen LogP contribution in [0.25, 0.3) is 0 Å². The van der Waals surface area contributed by atoms with Crippen molar-refractivity contribution in [3.8, 4) is 0 Å². The quantitative estimate of drug-likeness (QED) is 0.653. The molecule has 0 aliphatic rings. The van der Waals surface area contributed by atoms with Gasteiger partial charge in [-0.25, -0.2) is 0 Å². The Morgan fingerprint density at radius 1 is 1.75 bits per heavy atom. The van der Waals surface area contributed by atoms with Gasteiger partial charge >= 0.3 is 63.4 Å². The molecule has 0 spiro atoms. The van der Waals surface area contributed by atoms with E-state index in [-0.39, 0.29) is 21.1 Å². The Labute approximate surface area is 63.4 Å². The minimum absolute atomic E-state index is 0.215. The molecule has 42 valence electrons. The fraction of sp³-hybridized carbons (Fsp3) is 0.400. The molecule has 0 N–H and O–H groups in total. The Morgan fingerprint density at radius 3 is 2.75 bits per heavy atom. The van der Waals surface area contributed by atoms with Crippen molar-refractivity contribution in [2.45, 2.75) is 11.9 Å². The van der Waals surface area contributed by atoms with Crippen LogP contribution in [0.1, 0.15) is 5.69 Å². The van der Waals surface area contributed by atoms with Crippen molar-refractivity contribution in [3.05, 3.63) is 11.1 Å². The van der Waals surface area contributed by atoms with E-state index in [1.807, 2.05) is 11.3 Å². The zero-order valence-corrected chi connectivity index (χ0v) is 8.60. The molecular weight excluding hydrogens is 225 g/mol. The van der Waals surface area contributed by atoms with E-state index < -0.39 is 0 Å². The van der Waals surface area contributed by atoms with Crippen LogP contribution in [0.4, 0.5) is 0 Å². The molecule has 0 aromatic carbocycles. The Kier molecular flexibility index (Phi) is 2.31. The molecule has 0 amide bonds. The molecule has 0 aliphatic carbocycles. The molecule has 0 unspecified atom stereocenters. The minimum atomic E-state index is -0.215. The van der Waals surface area contributed by atoms with E-state index in [0.717, 1.165) is 0 Å². The summed E-state index contributed by atoms with van der Waals surface area (Å²) in [6.07, 6.45) is 0. The summed E-state index contributed by atoms with van der Waals surface area (Å²) < 4.78 is 1.41. The van der Waals surface area contributed by atoms with Crippen molar-refractivity contribution < 1.29 is 0 Å². The molecule has 8 heavy (non-hydrogen) atoms. The third-order valence-corrected chi connectivity index (χ3v) is 5.52. The number of hydrogen-bond donors (Lipinski definition) is 0. The number of thiazole rings is 1. The van der Waals surface area contributed by atoms with Crippen molar-refractivity contribution >= 4 is 35.5 Å². The Morgan fingerprint density at radius 2 is 2.50 bits per heavy atom. The number of aryl methyl sites for hydroxylation is 1. The molecule has 0 saturated heterocycles. The maximum absolute atomic E-state index is 4.32. The van der Waals surface area contributed by atoms with Gasteiger partial charge in [0.2, 0.25) is 0 Å². The first-order valence-electron chi connectivity index (χ1n) is 2.43. The van der Waals surface area contributed by atoms with Crippen molar-refractivity contribution in [1.29, 1.82) is 0 Å². The molecule has 3 heteroatoms. The second-order valence-corrected chi connectivity index (χ2v) is 6.22. The van der Waals surface area contributed by atoms with Crippen molar-refractivity contribution in [3.63, 3.8) is 0 Å². The van der Waals surface area contributed by atoms with E-state index in [1.54, 1.807) is 0 Å². The summed E-state index contributed by atoms with van der Waals surface area (Å²) in [6, 6.07) is 0. The van der Waals surface area contributed by atoms with E-state index in [9.17, 15) is 0 Å². The topological polar surface area (TPSA) is 12.9 Å². The van der Waals surface area contributed by atoms with Crippen LogP contribution in [0.2, 0.25) is 4.94 Å². The van der Waals surface area contributed by atoms with E-state index in [4.69, 9.17) is 0 Å². The molecule has 1 aromatic heterocycles. The van der Waals surface area contributed by atoms with Crippen LogP contribution < -0.4 is 3.02 Å². The molecular formula is C5H7NSSn. The van der Waals surface area contributed by atoms with Gasteiger partial charge in [-0.15, -0.1) is 0 Å². The molecule has 0 fully saturated rings. The summed E-state index contributed by atoms with van der Waals surface area (Å²) in [5.41, 5.74) is 1.19. The number of aromatic nitrogens is 1. The number of rotatable bonds is 1. The predicted molar refractivity (Wildman–Crippen MR) is 38.1 cm³/mol. The third kappa shape index (κ3) is 1.45. The van der Waals surface area contributed by atoms with E-state index in [2.05, 4.69) is 22.2 Å². The van der Waals surface area contributed by atoms with Gasteiger partial charge in [-0.2, -0.15) is 0 Å². The number of hydrogen-bond acceptors (Lipinski definition) is 2. The predicted octanol–water partition coefficient (Wildman–Crippen LogP) is 0.829. The summed E-state index contributed by atoms with van der Waals surface area (Å²) >= 11 is 1.60. The van der Waals surface area contributed by atoms with Crippen LogP contribution in [-0.4, -0.2) is 26.1 Å². The average Bonchev–Trinajstić information content (AvgIpc) is 2.14. The van der Waals surface area contributed by atoms with E-state index in [1.165, 1.54) is 8.72 Å². The van der Waals surface area contributed by atoms with Gasteiger partial charge in [0.1, 0.15) is 0 Å². The molecule has 2 radical (unpaired) electrons. The van der Waals surface area contributed by atoms with E-state index >= 15 is 0 Å². The van der Waals surface area contributed by atoms with Gasteiger partial charge in [0, 0.05) is 0 Å². The summed E-state index contributed by atoms with van der Waals surface area (Å²) in [5.74, 6) is 0. The third-order valence-electron chi connectivity index (χ3n) is 0.833. The van der Waals surface area contributed by atoms with Crippen LogP contribution in [0.15, 0.2) is 5.38 Å². The van der Waals surface area contributed by atoms with Gasteiger partial charge in [0.25, 0.3) is 0 Å². The first-order chi connectivity index (χ1) is 3.83. The first-order valence-corrected chi connectivity index (χ1v) is 7.59. The van der Waals surface area contributed by atoms with E-state index in [0.29, 0.717) is 0 Å². The summed E-state index contributed by atoms with van der Waals surface area (Å²) in [6.45, 7) is 2.05. The van der Waals surface area contributed by atoms with Crippen molar-refractivity contribution in [2.24, 2.45) is 0 Å². The second kappa shape index (κ2) is 2.82. The molecule has 0 atom stereocenters. The fourth-order valence-electron chi connectivity index (χ4n) is 0.469. The molecule has 1 nitrogen and oxygen atoms in total. The molecule has 0 saturated carbocycles. The average molecular weight is 232 g/mol. The SMILES string of the molecule is [CH3][Sn][c]1nc(C)cs1. The van der Waals surface area contributed by atoms with Crippen LogP contribution >= 0.6 is 11.3 Å². The zero-order valence-electron chi connectivity index (χ0n) is 4.93. The monoisotopic (exact) mass is 233 g/mol. The molecule has 0 bridgehead atoms. The van der Waals surface area contributed by atoms with Crippen LogP contribution in [0.5, 0.6) is 0 Å². The Balaban J connectivity index is 2.84. The van der Waals surface area contributed by atoms with Gasteiger partial charge in [0.05, 0.1) is 0 Å². The second-order valence-electron chi connectivity index (χ2n) is 1.54. The molecule has 1 aromatic rings. The summed E-state index contributed by atoms with van der Waals surface area (Å²) in [4.78, 5) is 6.62. The molecule has 1 rings (SSSR count). The van der Waals surface area contributed by atoms with Crippen LogP contribution in [-0.2, 0) is 0 Å². The van der Waals surface area contributed by atoms with Crippen LogP contribution in [0, 0.1) is 6.92 Å². The van der Waals surface area contributed by atoms with Crippen molar-refractivity contribution in [2.75, 3.05) is 0 Å². The molecule has 1 heterocycles. The van der Waals surface area contributed by atoms with Crippen LogP contribution in [0.3, 0.4) is 0 Å². The Hall–Kier alpha value is 0.429. The summed E-state index contributed by atoms with van der Waals surface area (Å²) in [7, 11) is 0. The normalized spacial score (nSPS) is 9.75. The van der Waals surface area contributed by atoms with Crippen molar-refractivity contribution in [1.82, 2.24) is 4.98 Å². The maximum atomic E-state index is 4.32. The summed E-state index contributed by atoms with van der Waals surface area (Å²) in [5, 5.41) is 2.12.